The van der Waals surface area contributed by atoms with Crippen LogP contribution in [0.4, 0.5) is 14.5 Å². The van der Waals surface area contributed by atoms with Crippen LogP contribution in [0.5, 0.6) is 5.75 Å². The normalized spacial score (nSPS) is 11.3. The highest BCUT2D eigenvalue weighted by atomic mass is 32.2. The van der Waals surface area contributed by atoms with Crippen molar-refractivity contribution in [2.24, 2.45) is 5.14 Å². The van der Waals surface area contributed by atoms with Crippen molar-refractivity contribution in [1.82, 2.24) is 0 Å². The zero-order valence-electron chi connectivity index (χ0n) is 8.80. The lowest BCUT2D eigenvalue weighted by Gasteiger charge is -2.07. The minimum atomic E-state index is -4.44. The smallest absolute Gasteiger partial charge is 0.312 e. The largest absolute Gasteiger partial charge is 0.484 e. The highest BCUT2D eigenvalue weighted by Gasteiger charge is 2.24. The van der Waals surface area contributed by atoms with Gasteiger partial charge in [0.1, 0.15) is 24.0 Å². The number of hydrogen-bond donors (Lipinski definition) is 1. The number of nitrogens with two attached hydrogens (primary N) is 1. The van der Waals surface area contributed by atoms with Crippen LogP contribution in [-0.4, -0.2) is 26.6 Å². The lowest BCUT2D eigenvalue weighted by molar-refractivity contribution is -0.386. The third-order valence-electron chi connectivity index (χ3n) is 1.85. The number of hydrogen-bond acceptors (Lipinski definition) is 5. The molecule has 7 nitrogen and oxygen atoms in total. The van der Waals surface area contributed by atoms with Crippen molar-refractivity contribution in [2.45, 2.75) is 4.90 Å². The van der Waals surface area contributed by atoms with E-state index in [0.717, 1.165) is 0 Å². The predicted molar refractivity (Wildman–Crippen MR) is 55.9 cm³/mol. The molecule has 0 amide bonds. The van der Waals surface area contributed by atoms with Crippen molar-refractivity contribution in [1.29, 1.82) is 0 Å². The van der Waals surface area contributed by atoms with Gasteiger partial charge in [0.15, 0.2) is 5.75 Å². The van der Waals surface area contributed by atoms with Gasteiger partial charge in [0, 0.05) is 12.1 Å². The SMILES string of the molecule is NS(=O)(=O)c1cc([N+](=O)[O-])c(OCCF)cc1F. The Morgan fingerprint density at radius 2 is 2.06 bits per heavy atom. The molecule has 0 aliphatic rings. The third kappa shape index (κ3) is 3.11. The minimum Gasteiger partial charge on any atom is -0.484 e. The van der Waals surface area contributed by atoms with E-state index in [4.69, 9.17) is 0 Å². The van der Waals surface area contributed by atoms with Gasteiger partial charge < -0.3 is 4.74 Å². The Kier molecular flexibility index (Phi) is 4.14. The van der Waals surface area contributed by atoms with Crippen LogP contribution in [0.25, 0.3) is 0 Å². The topological polar surface area (TPSA) is 113 Å². The van der Waals surface area contributed by atoms with Gasteiger partial charge in [0.25, 0.3) is 0 Å². The number of benzene rings is 1. The molecule has 0 heterocycles. The molecule has 0 bridgehead atoms. The Bertz CT molecular complexity index is 575. The van der Waals surface area contributed by atoms with Crippen molar-refractivity contribution in [3.63, 3.8) is 0 Å². The first kappa shape index (κ1) is 14.3. The summed E-state index contributed by atoms with van der Waals surface area (Å²) in [7, 11) is -4.44. The fraction of sp³-hybridized carbons (Fsp3) is 0.250. The highest BCUT2D eigenvalue weighted by Crippen LogP contribution is 2.31. The Labute approximate surface area is 100 Å². The van der Waals surface area contributed by atoms with Gasteiger partial charge in [0.2, 0.25) is 10.0 Å². The maximum Gasteiger partial charge on any atom is 0.312 e. The Morgan fingerprint density at radius 3 is 2.50 bits per heavy atom. The van der Waals surface area contributed by atoms with Crippen LogP contribution in [0.3, 0.4) is 0 Å². The van der Waals surface area contributed by atoms with Gasteiger partial charge >= 0.3 is 5.69 Å². The van der Waals surface area contributed by atoms with Gasteiger partial charge in [-0.05, 0) is 0 Å². The molecule has 1 aromatic rings. The summed E-state index contributed by atoms with van der Waals surface area (Å²) in [5, 5.41) is 15.3. The molecule has 10 heteroatoms. The van der Waals surface area contributed by atoms with E-state index in [9.17, 15) is 27.3 Å². The Balaban J connectivity index is 3.39. The van der Waals surface area contributed by atoms with Crippen molar-refractivity contribution in [3.8, 4) is 5.75 Å². The van der Waals surface area contributed by atoms with Crippen molar-refractivity contribution in [2.75, 3.05) is 13.3 Å². The summed E-state index contributed by atoms with van der Waals surface area (Å²) in [5.41, 5.74) is -0.811. The number of nitrogens with zero attached hydrogens (tertiary/aromatic N) is 1. The standard InChI is InChI=1S/C8H8F2N2O5S/c9-1-2-17-7-3-5(10)8(18(11,15)16)4-6(7)12(13)14/h3-4H,1-2H2,(H2,11,15,16). The molecule has 1 aromatic carbocycles. The van der Waals surface area contributed by atoms with Gasteiger partial charge in [-0.25, -0.2) is 22.3 Å². The van der Waals surface area contributed by atoms with Gasteiger partial charge in [0.05, 0.1) is 4.92 Å². The highest BCUT2D eigenvalue weighted by molar-refractivity contribution is 7.89. The summed E-state index contributed by atoms with van der Waals surface area (Å²) < 4.78 is 51.8. The van der Waals surface area contributed by atoms with Crippen LogP contribution in [0.2, 0.25) is 0 Å². The van der Waals surface area contributed by atoms with E-state index in [0.29, 0.717) is 12.1 Å². The molecule has 0 saturated carbocycles. The zero-order valence-corrected chi connectivity index (χ0v) is 9.62. The maximum atomic E-state index is 13.4. The molecule has 0 atom stereocenters. The molecule has 0 aliphatic carbocycles. The summed E-state index contributed by atoms with van der Waals surface area (Å²) in [4.78, 5) is 8.64. The second-order valence-corrected chi connectivity index (χ2v) is 4.62. The second kappa shape index (κ2) is 5.23. The monoisotopic (exact) mass is 282 g/mol. The minimum absolute atomic E-state index is 0.429. The Morgan fingerprint density at radius 1 is 1.44 bits per heavy atom. The first-order chi connectivity index (χ1) is 8.27. The van der Waals surface area contributed by atoms with E-state index in [1.165, 1.54) is 0 Å². The van der Waals surface area contributed by atoms with E-state index in [-0.39, 0.29) is 0 Å². The van der Waals surface area contributed by atoms with Crippen LogP contribution in [0, 0.1) is 15.9 Å². The fourth-order valence-electron chi connectivity index (χ4n) is 1.15. The van der Waals surface area contributed by atoms with E-state index in [1.54, 1.807) is 0 Å². The molecule has 2 N–H and O–H groups in total. The molecule has 18 heavy (non-hydrogen) atoms. The van der Waals surface area contributed by atoms with Crippen LogP contribution in [0.15, 0.2) is 17.0 Å². The molecule has 0 saturated heterocycles. The molecule has 0 aliphatic heterocycles. The molecule has 1 rings (SSSR count). The number of halogens is 2. The molecule has 0 fully saturated rings. The average molecular weight is 282 g/mol. The molecule has 0 spiro atoms. The van der Waals surface area contributed by atoms with E-state index < -0.39 is 50.4 Å². The van der Waals surface area contributed by atoms with Gasteiger partial charge in [-0.3, -0.25) is 10.1 Å². The third-order valence-corrected chi connectivity index (χ3v) is 2.78. The molecular weight excluding hydrogens is 274 g/mol. The van der Waals surface area contributed by atoms with Crippen LogP contribution in [0.1, 0.15) is 0 Å². The quantitative estimate of drug-likeness (QED) is 0.631. The maximum absolute atomic E-state index is 13.4. The predicted octanol–water partition coefficient (Wildman–Crippen LogP) is 0.730. The fourth-order valence-corrected chi connectivity index (χ4v) is 1.76. The molecule has 0 radical (unpaired) electrons. The lowest BCUT2D eigenvalue weighted by Crippen LogP contribution is -2.15. The number of nitro benzene ring substituents is 1. The van der Waals surface area contributed by atoms with E-state index >= 15 is 0 Å². The Hall–Kier alpha value is -1.81. The van der Waals surface area contributed by atoms with Crippen molar-refractivity contribution >= 4 is 15.7 Å². The second-order valence-electron chi connectivity index (χ2n) is 3.09. The summed E-state index contributed by atoms with van der Waals surface area (Å²) in [6.07, 6.45) is 0. The van der Waals surface area contributed by atoms with Gasteiger partial charge in [-0.15, -0.1) is 0 Å². The lowest BCUT2D eigenvalue weighted by atomic mass is 10.3. The summed E-state index contributed by atoms with van der Waals surface area (Å²) in [5.74, 6) is -1.88. The van der Waals surface area contributed by atoms with Crippen LogP contribution >= 0.6 is 0 Å². The number of sulfonamides is 1. The number of alkyl halides is 1. The van der Waals surface area contributed by atoms with Crippen molar-refractivity contribution < 1.29 is 26.9 Å². The number of rotatable bonds is 5. The van der Waals surface area contributed by atoms with Crippen LogP contribution < -0.4 is 9.88 Å². The molecule has 0 aromatic heterocycles. The zero-order chi connectivity index (χ0) is 13.9. The first-order valence-corrected chi connectivity index (χ1v) is 6.01. The van der Waals surface area contributed by atoms with Crippen LogP contribution in [-0.2, 0) is 10.0 Å². The number of ether oxygens (including phenoxy) is 1. The average Bonchev–Trinajstić information content (AvgIpc) is 2.23. The first-order valence-electron chi connectivity index (χ1n) is 4.47. The summed E-state index contributed by atoms with van der Waals surface area (Å²) >= 11 is 0. The van der Waals surface area contributed by atoms with Crippen molar-refractivity contribution in [3.05, 3.63) is 28.1 Å². The van der Waals surface area contributed by atoms with Gasteiger partial charge in [-0.2, -0.15) is 0 Å². The van der Waals surface area contributed by atoms with Gasteiger partial charge in [-0.1, -0.05) is 0 Å². The summed E-state index contributed by atoms with van der Waals surface area (Å²) in [6, 6.07) is 0.909. The molecule has 0 unspecified atom stereocenters. The van der Waals surface area contributed by atoms with E-state index in [1.807, 2.05) is 0 Å². The number of primary sulfonamides is 1. The number of nitro groups is 1. The molecule has 100 valence electrons. The summed E-state index contributed by atoms with van der Waals surface area (Å²) in [6.45, 7) is -1.45. The molecular formula is C8H8F2N2O5S. The van der Waals surface area contributed by atoms with E-state index in [2.05, 4.69) is 9.88 Å².